The largest absolute Gasteiger partial charge is 0.493 e. The van der Waals surface area contributed by atoms with Gasteiger partial charge >= 0.3 is 0 Å². The van der Waals surface area contributed by atoms with Crippen LogP contribution in [0.2, 0.25) is 0 Å². The van der Waals surface area contributed by atoms with Gasteiger partial charge in [-0.1, -0.05) is 0 Å². The molecule has 0 saturated carbocycles. The summed E-state index contributed by atoms with van der Waals surface area (Å²) in [6.45, 7) is 2.86. The predicted molar refractivity (Wildman–Crippen MR) is 104 cm³/mol. The van der Waals surface area contributed by atoms with Crippen LogP contribution in [0, 0.1) is 0 Å². The summed E-state index contributed by atoms with van der Waals surface area (Å²) in [6, 6.07) is 3.93. The highest BCUT2D eigenvalue weighted by molar-refractivity contribution is 7.79. The molecule has 3 aliphatic heterocycles. The first kappa shape index (κ1) is 16.9. The molecule has 2 N–H and O–H groups in total. The van der Waals surface area contributed by atoms with E-state index in [-0.39, 0.29) is 11.3 Å². The number of hydrogen-bond donors (Lipinski definition) is 2. The summed E-state index contributed by atoms with van der Waals surface area (Å²) in [6.07, 6.45) is 3.67. The van der Waals surface area contributed by atoms with Gasteiger partial charge in [0.05, 0.1) is 14.2 Å². The lowest BCUT2D eigenvalue weighted by Gasteiger charge is -2.43. The number of aliphatic hydroxyl groups excluding tert-OH is 1. The van der Waals surface area contributed by atoms with E-state index in [0.717, 1.165) is 29.9 Å². The summed E-state index contributed by atoms with van der Waals surface area (Å²) in [5.74, 6) is 1.39. The number of methoxy groups -OCH3 is 2. The summed E-state index contributed by atoms with van der Waals surface area (Å²) in [7, 11) is 3.26. The van der Waals surface area contributed by atoms with E-state index < -0.39 is 0 Å². The van der Waals surface area contributed by atoms with Crippen LogP contribution in [0.3, 0.4) is 0 Å². The van der Waals surface area contributed by atoms with Crippen LogP contribution in [-0.4, -0.2) is 78.1 Å². The number of fused-ring (bicyclic) bond motifs is 3. The Hall–Kier alpha value is -2.52. The van der Waals surface area contributed by atoms with E-state index >= 15 is 0 Å². The Bertz CT molecular complexity index is 789. The number of benzene rings is 1. The van der Waals surface area contributed by atoms with Crippen molar-refractivity contribution in [3.8, 4) is 11.5 Å². The highest BCUT2D eigenvalue weighted by Crippen LogP contribution is 2.44. The van der Waals surface area contributed by atoms with Crippen LogP contribution in [0.4, 0.5) is 5.69 Å². The first-order chi connectivity index (χ1) is 12.6. The van der Waals surface area contributed by atoms with Gasteiger partial charge in [-0.2, -0.15) is 0 Å². The quantitative estimate of drug-likeness (QED) is 0.771. The lowest BCUT2D eigenvalue weighted by Crippen LogP contribution is -2.58. The fourth-order valence-corrected chi connectivity index (χ4v) is 3.74. The Labute approximate surface area is 157 Å². The van der Waals surface area contributed by atoms with Crippen molar-refractivity contribution in [3.05, 3.63) is 23.9 Å². The van der Waals surface area contributed by atoms with Gasteiger partial charge in [-0.3, -0.25) is 5.01 Å². The van der Waals surface area contributed by atoms with Crippen molar-refractivity contribution < 1.29 is 14.6 Å². The molecule has 3 heterocycles. The second-order valence-electron chi connectivity index (χ2n) is 6.25. The number of nitrogens with one attached hydrogen (secondary N) is 1. The maximum Gasteiger partial charge on any atom is 0.256 e. The minimum Gasteiger partial charge on any atom is -0.493 e. The predicted octanol–water partition coefficient (Wildman–Crippen LogP) is 1.52. The summed E-state index contributed by atoms with van der Waals surface area (Å²) in [5, 5.41) is 17.3. The van der Waals surface area contributed by atoms with Crippen LogP contribution >= 0.6 is 12.2 Å². The minimum absolute atomic E-state index is 0.0352. The second-order valence-corrected chi connectivity index (χ2v) is 6.62. The van der Waals surface area contributed by atoms with Crippen molar-refractivity contribution in [2.24, 2.45) is 4.99 Å². The highest BCUT2D eigenvalue weighted by atomic mass is 32.1. The van der Waals surface area contributed by atoms with Crippen molar-refractivity contribution in [1.29, 1.82) is 0 Å². The molecule has 1 unspecified atom stereocenters. The fourth-order valence-electron chi connectivity index (χ4n) is 3.56. The van der Waals surface area contributed by atoms with E-state index in [9.17, 15) is 5.11 Å². The number of nitrogens with zero attached hydrogens (tertiary/aromatic N) is 4. The molecular formula is C17H21N5O3S. The Morgan fingerprint density at radius 1 is 1.19 bits per heavy atom. The molecule has 1 saturated heterocycles. The van der Waals surface area contributed by atoms with Gasteiger partial charge in [0.2, 0.25) is 0 Å². The lowest BCUT2D eigenvalue weighted by molar-refractivity contribution is 0.00437. The standard InChI is InChI=1S/C17H21N5O3S/c1-24-14-7-11-12-9-18-10-22(16(12)19-13(11)8-15(14)25-2)21-5-3-20(4-6-21)17(23)26/h7-10,16,19H,3-6H2,1-2H3,(H,23,26). The van der Waals surface area contributed by atoms with E-state index in [2.05, 4.69) is 20.3 Å². The van der Waals surface area contributed by atoms with Crippen LogP contribution in [0.5, 0.6) is 11.5 Å². The molecule has 1 aromatic carbocycles. The Balaban J connectivity index is 1.57. The number of hydrogen-bond acceptors (Lipinski definition) is 7. The summed E-state index contributed by atoms with van der Waals surface area (Å²) in [4.78, 5) is 6.23. The van der Waals surface area contributed by atoms with Crippen LogP contribution < -0.4 is 14.8 Å². The van der Waals surface area contributed by atoms with Crippen molar-refractivity contribution in [2.75, 3.05) is 45.7 Å². The van der Waals surface area contributed by atoms with E-state index in [0.29, 0.717) is 24.6 Å². The third-order valence-electron chi connectivity index (χ3n) is 4.94. The molecule has 1 atom stereocenters. The summed E-state index contributed by atoms with van der Waals surface area (Å²) in [5.41, 5.74) is 3.14. The Morgan fingerprint density at radius 2 is 1.88 bits per heavy atom. The molecule has 0 aliphatic carbocycles. The summed E-state index contributed by atoms with van der Waals surface area (Å²) >= 11 is 4.86. The van der Waals surface area contributed by atoms with E-state index in [1.165, 1.54) is 0 Å². The molecule has 3 aliphatic rings. The smallest absolute Gasteiger partial charge is 0.256 e. The van der Waals surface area contributed by atoms with Crippen LogP contribution in [0.25, 0.3) is 5.57 Å². The second kappa shape index (κ2) is 6.65. The van der Waals surface area contributed by atoms with Crippen LogP contribution in [0.1, 0.15) is 5.56 Å². The lowest BCUT2D eigenvalue weighted by atomic mass is 10.1. The zero-order valence-electron chi connectivity index (χ0n) is 14.7. The van der Waals surface area contributed by atoms with Gasteiger partial charge in [0.15, 0.2) is 11.5 Å². The number of hydrazine groups is 1. The topological polar surface area (TPSA) is 72.8 Å². The van der Waals surface area contributed by atoms with Gasteiger partial charge in [0, 0.05) is 55.3 Å². The zero-order chi connectivity index (χ0) is 18.3. The SMILES string of the molecule is COc1cc2c(cc1OC)C1=CN=CN(N3CCN(C(O)=S)CC3)C1N2. The number of aliphatic hydroxyl groups is 1. The fraction of sp³-hybridized carbons (Fsp3) is 0.412. The number of piperazine rings is 1. The molecule has 26 heavy (non-hydrogen) atoms. The monoisotopic (exact) mass is 375 g/mol. The number of thiocarbonyl (C=S) groups is 1. The number of ether oxygens (including phenoxy) is 2. The van der Waals surface area contributed by atoms with E-state index in [4.69, 9.17) is 21.7 Å². The number of anilines is 1. The molecule has 0 radical (unpaired) electrons. The molecule has 0 amide bonds. The third kappa shape index (κ3) is 2.73. The van der Waals surface area contributed by atoms with E-state index in [1.807, 2.05) is 24.7 Å². The molecule has 4 rings (SSSR count). The van der Waals surface area contributed by atoms with E-state index in [1.54, 1.807) is 19.1 Å². The number of rotatable bonds is 3. The van der Waals surface area contributed by atoms with Crippen LogP contribution in [0.15, 0.2) is 23.3 Å². The summed E-state index contributed by atoms with van der Waals surface area (Å²) < 4.78 is 10.8. The molecule has 0 aromatic heterocycles. The average Bonchev–Trinajstić information content (AvgIpc) is 3.04. The maximum absolute atomic E-state index is 9.49. The van der Waals surface area contributed by atoms with Gasteiger partial charge in [-0.15, -0.1) is 0 Å². The van der Waals surface area contributed by atoms with Gasteiger partial charge < -0.3 is 24.8 Å². The molecule has 138 valence electrons. The Morgan fingerprint density at radius 3 is 2.54 bits per heavy atom. The zero-order valence-corrected chi connectivity index (χ0v) is 15.5. The molecule has 0 bridgehead atoms. The normalized spacial score (nSPS) is 21.6. The number of aliphatic imine (C=N–C) groups is 1. The minimum atomic E-state index is -0.0388. The first-order valence-corrected chi connectivity index (χ1v) is 8.80. The average molecular weight is 375 g/mol. The molecule has 8 nitrogen and oxygen atoms in total. The van der Waals surface area contributed by atoms with Gasteiger partial charge in [0.1, 0.15) is 12.5 Å². The van der Waals surface area contributed by atoms with Crippen molar-refractivity contribution in [1.82, 2.24) is 14.9 Å². The van der Waals surface area contributed by atoms with Crippen LogP contribution in [-0.2, 0) is 0 Å². The molecule has 1 aromatic rings. The third-order valence-corrected chi connectivity index (χ3v) is 5.20. The maximum atomic E-state index is 9.49. The first-order valence-electron chi connectivity index (χ1n) is 8.39. The molecule has 9 heteroatoms. The Kier molecular flexibility index (Phi) is 4.33. The van der Waals surface area contributed by atoms with Crippen molar-refractivity contribution in [2.45, 2.75) is 6.17 Å². The molecule has 0 spiro atoms. The molecular weight excluding hydrogens is 354 g/mol. The van der Waals surface area contributed by atoms with Crippen molar-refractivity contribution >= 4 is 35.0 Å². The van der Waals surface area contributed by atoms with Crippen molar-refractivity contribution in [3.63, 3.8) is 0 Å². The van der Waals surface area contributed by atoms with Gasteiger partial charge in [0.25, 0.3) is 5.17 Å². The van der Waals surface area contributed by atoms with Gasteiger partial charge in [-0.25, -0.2) is 10.0 Å². The van der Waals surface area contributed by atoms with Gasteiger partial charge in [-0.05, 0) is 18.3 Å². The highest BCUT2D eigenvalue weighted by Gasteiger charge is 2.36. The molecule has 1 fully saturated rings.